The number of hydrogen-bond acceptors (Lipinski definition) is 4. The largest absolute Gasteiger partial charge is 0.486 e. The average molecular weight is 912 g/mol. The third-order valence-electron chi connectivity index (χ3n) is 10.2. The fourth-order valence-corrected chi connectivity index (χ4v) is 7.30. The van der Waals surface area contributed by atoms with Gasteiger partial charge in [-0.3, -0.25) is 0 Å². The van der Waals surface area contributed by atoms with Gasteiger partial charge in [-0.15, -0.1) is 54.1 Å². The quantitative estimate of drug-likeness (QED) is 0.156. The van der Waals surface area contributed by atoms with Crippen molar-refractivity contribution in [2.75, 3.05) is 0 Å². The maximum atomic E-state index is 6.55. The normalized spacial score (nSPS) is 11.5. The van der Waals surface area contributed by atoms with Crippen molar-refractivity contribution in [1.29, 1.82) is 0 Å². The molecule has 0 spiro atoms. The standard InChI is InChI=1S/C39H39N2O.C12H10N.Ir/c1-23(2)31-20-27(26-13-10-9-11-14-26)21-32(24(3)4)36(31)34-18-17-29-28-15-12-16-30(37(28)42-38(29)41-34)35-19-25(5)33(22-40-35)39(6,7)8;1-10-7-8-12(13-9-10)11-5-3-2-4-6-11;/h9-15,17-24H,1-8H3;2-5,7-9H,1H3;/q2*-1;. The maximum Gasteiger partial charge on any atom is 0.216 e. The van der Waals surface area contributed by atoms with Gasteiger partial charge in [0.1, 0.15) is 0 Å². The minimum atomic E-state index is 0. The van der Waals surface area contributed by atoms with Crippen LogP contribution in [0.4, 0.5) is 0 Å². The zero-order valence-electron chi connectivity index (χ0n) is 33.8. The maximum absolute atomic E-state index is 6.55. The number of hydrogen-bond donors (Lipinski definition) is 0. The zero-order valence-corrected chi connectivity index (χ0v) is 36.2. The van der Waals surface area contributed by atoms with Gasteiger partial charge in [-0.05, 0) is 88.0 Å². The Bertz CT molecular complexity index is 2550. The molecule has 4 aromatic carbocycles. The first kappa shape index (κ1) is 40.4. The van der Waals surface area contributed by atoms with Crippen molar-refractivity contribution in [3.05, 3.63) is 162 Å². The van der Waals surface area contributed by atoms with Gasteiger partial charge >= 0.3 is 0 Å². The van der Waals surface area contributed by atoms with Crippen LogP contribution in [-0.4, -0.2) is 15.0 Å². The predicted octanol–water partition coefficient (Wildman–Crippen LogP) is 13.9. The summed E-state index contributed by atoms with van der Waals surface area (Å²) in [5.41, 5.74) is 16.1. The zero-order chi connectivity index (χ0) is 38.9. The smallest absolute Gasteiger partial charge is 0.216 e. The second-order valence-electron chi connectivity index (χ2n) is 16.1. The average Bonchev–Trinajstić information content (AvgIpc) is 3.56. The fraction of sp³-hybridized carbons (Fsp3) is 0.235. The van der Waals surface area contributed by atoms with E-state index >= 15 is 0 Å². The number of rotatable bonds is 6. The van der Waals surface area contributed by atoms with E-state index in [4.69, 9.17) is 14.4 Å². The van der Waals surface area contributed by atoms with Crippen LogP contribution >= 0.6 is 0 Å². The SMILES string of the molecule is Cc1cc(-c2[c-]ccc3c2oc2nc(-c4c(C(C)C)cc(-c5ccccc5)cc4C(C)C)ccc23)ncc1C(C)(C)C.Cc1ccc(-c2[c-]cccc2)nc1.[Ir]. The third-order valence-corrected chi connectivity index (χ3v) is 10.2. The van der Waals surface area contributed by atoms with Gasteiger partial charge in [-0.25, -0.2) is 4.98 Å². The summed E-state index contributed by atoms with van der Waals surface area (Å²) >= 11 is 0. The van der Waals surface area contributed by atoms with Crippen LogP contribution in [-0.2, 0) is 25.5 Å². The van der Waals surface area contributed by atoms with E-state index in [0.29, 0.717) is 17.5 Å². The first-order valence-electron chi connectivity index (χ1n) is 19.2. The summed E-state index contributed by atoms with van der Waals surface area (Å²) in [6.45, 7) is 19.9. The van der Waals surface area contributed by atoms with Gasteiger partial charge in [0.2, 0.25) is 5.71 Å². The first-order valence-corrected chi connectivity index (χ1v) is 19.2. The number of furan rings is 1. The summed E-state index contributed by atoms with van der Waals surface area (Å²) in [4.78, 5) is 14.3. The summed E-state index contributed by atoms with van der Waals surface area (Å²) in [5, 5.41) is 2.04. The van der Waals surface area contributed by atoms with Gasteiger partial charge in [-0.1, -0.05) is 126 Å². The molecule has 56 heavy (non-hydrogen) atoms. The molecule has 0 fully saturated rings. The van der Waals surface area contributed by atoms with Gasteiger partial charge in [0.15, 0.2) is 0 Å². The van der Waals surface area contributed by atoms with Crippen LogP contribution in [0.5, 0.6) is 0 Å². The molecule has 0 N–H and O–H groups in total. The van der Waals surface area contributed by atoms with E-state index in [0.717, 1.165) is 44.6 Å². The molecule has 0 unspecified atom stereocenters. The summed E-state index contributed by atoms with van der Waals surface area (Å²) < 4.78 is 6.55. The van der Waals surface area contributed by atoms with Crippen molar-refractivity contribution in [2.45, 2.75) is 79.6 Å². The van der Waals surface area contributed by atoms with Crippen LogP contribution in [0.1, 0.15) is 88.1 Å². The van der Waals surface area contributed by atoms with Crippen LogP contribution in [0.3, 0.4) is 0 Å². The number of nitrogens with zero attached hydrogens (tertiary/aromatic N) is 3. The molecular formula is C51H49IrN3O-2. The Balaban J connectivity index is 0.000000321. The number of fused-ring (bicyclic) bond motifs is 3. The van der Waals surface area contributed by atoms with Crippen molar-refractivity contribution in [3.63, 3.8) is 0 Å². The Morgan fingerprint density at radius 2 is 1.30 bits per heavy atom. The molecule has 0 saturated carbocycles. The monoisotopic (exact) mass is 912 g/mol. The van der Waals surface area contributed by atoms with Gasteiger partial charge < -0.3 is 14.4 Å². The molecule has 4 nitrogen and oxygen atoms in total. The number of aryl methyl sites for hydroxylation is 2. The van der Waals surface area contributed by atoms with Crippen molar-refractivity contribution in [1.82, 2.24) is 15.0 Å². The van der Waals surface area contributed by atoms with Gasteiger partial charge in [0, 0.05) is 43.4 Å². The number of aromatic nitrogens is 3. The molecular weight excluding hydrogens is 863 g/mol. The number of benzene rings is 4. The molecule has 1 radical (unpaired) electrons. The summed E-state index contributed by atoms with van der Waals surface area (Å²) in [6, 6.07) is 44.3. The van der Waals surface area contributed by atoms with Gasteiger partial charge in [0.25, 0.3) is 0 Å². The molecule has 0 aliphatic rings. The molecule has 8 rings (SSSR count). The molecule has 4 heterocycles. The molecule has 8 aromatic rings. The first-order chi connectivity index (χ1) is 26.4. The minimum Gasteiger partial charge on any atom is -0.486 e. The summed E-state index contributed by atoms with van der Waals surface area (Å²) in [6.07, 6.45) is 3.87. The van der Waals surface area contributed by atoms with Crippen molar-refractivity contribution in [2.24, 2.45) is 0 Å². The fourth-order valence-electron chi connectivity index (χ4n) is 7.30. The topological polar surface area (TPSA) is 51.8 Å². The number of pyridine rings is 3. The van der Waals surface area contributed by atoms with E-state index in [1.165, 1.54) is 44.5 Å². The Labute approximate surface area is 345 Å². The van der Waals surface area contributed by atoms with E-state index < -0.39 is 0 Å². The van der Waals surface area contributed by atoms with Gasteiger partial charge in [-0.2, -0.15) is 0 Å². The Morgan fingerprint density at radius 3 is 1.91 bits per heavy atom. The van der Waals surface area contributed by atoms with Crippen LogP contribution in [0, 0.1) is 26.0 Å². The molecule has 0 aliphatic heterocycles. The van der Waals surface area contributed by atoms with E-state index in [-0.39, 0.29) is 25.5 Å². The van der Waals surface area contributed by atoms with Crippen molar-refractivity contribution in [3.8, 4) is 44.9 Å². The van der Waals surface area contributed by atoms with E-state index in [1.807, 2.05) is 55.7 Å². The van der Waals surface area contributed by atoms with Crippen LogP contribution < -0.4 is 0 Å². The van der Waals surface area contributed by atoms with Crippen LogP contribution in [0.25, 0.3) is 67.0 Å². The second kappa shape index (κ2) is 16.9. The van der Waals surface area contributed by atoms with E-state index in [2.05, 4.69) is 145 Å². The van der Waals surface area contributed by atoms with Crippen LogP contribution in [0.15, 0.2) is 126 Å². The van der Waals surface area contributed by atoms with Crippen molar-refractivity contribution < 1.29 is 24.5 Å². The van der Waals surface area contributed by atoms with E-state index in [1.54, 1.807) is 0 Å². The third kappa shape index (κ3) is 8.45. The predicted molar refractivity (Wildman–Crippen MR) is 229 cm³/mol. The second-order valence-corrected chi connectivity index (χ2v) is 16.1. The molecule has 0 bridgehead atoms. The molecule has 4 aromatic heterocycles. The molecule has 5 heteroatoms. The van der Waals surface area contributed by atoms with Gasteiger partial charge in [0.05, 0.1) is 11.3 Å². The minimum absolute atomic E-state index is 0. The Kier molecular flexibility index (Phi) is 12.2. The summed E-state index contributed by atoms with van der Waals surface area (Å²) in [5.74, 6) is 0.668. The van der Waals surface area contributed by atoms with Crippen molar-refractivity contribution >= 4 is 22.1 Å². The molecule has 0 amide bonds. The van der Waals surface area contributed by atoms with Crippen LogP contribution in [0.2, 0.25) is 0 Å². The molecule has 0 atom stereocenters. The van der Waals surface area contributed by atoms with E-state index in [9.17, 15) is 0 Å². The molecule has 0 saturated heterocycles. The molecule has 285 valence electrons. The molecule has 0 aliphatic carbocycles. The Morgan fingerprint density at radius 1 is 0.625 bits per heavy atom. The summed E-state index contributed by atoms with van der Waals surface area (Å²) in [7, 11) is 0. The Hall–Kier alpha value is -5.22.